The lowest BCUT2D eigenvalue weighted by atomic mass is 10.1. The Morgan fingerprint density at radius 3 is 2.19 bits per heavy atom. The highest BCUT2D eigenvalue weighted by Gasteiger charge is 2.13. The summed E-state index contributed by atoms with van der Waals surface area (Å²) < 4.78 is 0. The standard InChI is InChI=1S/C12H23N3S/c1-9(2)7-15(8-10(3)4)12-14-6-11(5-13)16-12/h6,9-10H,5,7-8,13H2,1-4H3. The van der Waals surface area contributed by atoms with Crippen molar-refractivity contribution in [1.82, 2.24) is 4.98 Å². The van der Waals surface area contributed by atoms with Gasteiger partial charge in [-0.1, -0.05) is 27.7 Å². The van der Waals surface area contributed by atoms with Crippen LogP contribution in [0.4, 0.5) is 5.13 Å². The first kappa shape index (κ1) is 13.5. The SMILES string of the molecule is CC(C)CN(CC(C)C)c1ncc(CN)s1. The molecule has 1 aromatic rings. The summed E-state index contributed by atoms with van der Waals surface area (Å²) in [6.45, 7) is 11.7. The van der Waals surface area contributed by atoms with Crippen LogP contribution in [-0.4, -0.2) is 18.1 Å². The predicted molar refractivity (Wildman–Crippen MR) is 71.9 cm³/mol. The summed E-state index contributed by atoms with van der Waals surface area (Å²) in [5, 5.41) is 1.11. The molecule has 0 fully saturated rings. The molecular formula is C12H23N3S. The molecule has 0 atom stereocenters. The zero-order valence-corrected chi connectivity index (χ0v) is 11.5. The van der Waals surface area contributed by atoms with Crippen LogP contribution in [0.15, 0.2) is 6.20 Å². The molecule has 2 N–H and O–H groups in total. The van der Waals surface area contributed by atoms with Crippen molar-refractivity contribution in [2.24, 2.45) is 17.6 Å². The molecule has 0 saturated heterocycles. The van der Waals surface area contributed by atoms with Crippen LogP contribution < -0.4 is 10.6 Å². The van der Waals surface area contributed by atoms with Crippen molar-refractivity contribution in [2.75, 3.05) is 18.0 Å². The second-order valence-electron chi connectivity index (χ2n) is 5.01. The molecule has 16 heavy (non-hydrogen) atoms. The molecule has 4 heteroatoms. The van der Waals surface area contributed by atoms with Gasteiger partial charge in [-0.2, -0.15) is 0 Å². The molecule has 0 saturated carbocycles. The van der Waals surface area contributed by atoms with Gasteiger partial charge in [0.2, 0.25) is 0 Å². The third-order valence-electron chi connectivity index (χ3n) is 2.18. The topological polar surface area (TPSA) is 42.2 Å². The van der Waals surface area contributed by atoms with E-state index in [4.69, 9.17) is 5.73 Å². The lowest BCUT2D eigenvalue weighted by Crippen LogP contribution is -2.31. The summed E-state index contributed by atoms with van der Waals surface area (Å²) >= 11 is 1.71. The van der Waals surface area contributed by atoms with Crippen LogP contribution >= 0.6 is 11.3 Å². The number of thiazole rings is 1. The van der Waals surface area contributed by atoms with Crippen LogP contribution in [0, 0.1) is 11.8 Å². The highest BCUT2D eigenvalue weighted by Crippen LogP contribution is 2.23. The van der Waals surface area contributed by atoms with E-state index >= 15 is 0 Å². The summed E-state index contributed by atoms with van der Waals surface area (Å²) in [5.41, 5.74) is 5.62. The number of nitrogens with zero attached hydrogens (tertiary/aromatic N) is 2. The highest BCUT2D eigenvalue weighted by molar-refractivity contribution is 7.15. The molecule has 0 aliphatic heterocycles. The van der Waals surface area contributed by atoms with E-state index in [1.165, 1.54) is 0 Å². The van der Waals surface area contributed by atoms with Crippen molar-refractivity contribution >= 4 is 16.5 Å². The van der Waals surface area contributed by atoms with E-state index in [0.717, 1.165) is 23.1 Å². The van der Waals surface area contributed by atoms with Crippen molar-refractivity contribution in [3.05, 3.63) is 11.1 Å². The van der Waals surface area contributed by atoms with Crippen LogP contribution in [0.1, 0.15) is 32.6 Å². The van der Waals surface area contributed by atoms with E-state index in [-0.39, 0.29) is 0 Å². The van der Waals surface area contributed by atoms with Gasteiger partial charge in [-0.05, 0) is 11.8 Å². The highest BCUT2D eigenvalue weighted by atomic mass is 32.1. The molecule has 0 radical (unpaired) electrons. The molecule has 3 nitrogen and oxygen atoms in total. The van der Waals surface area contributed by atoms with Gasteiger partial charge in [0.1, 0.15) is 0 Å². The number of hydrogen-bond acceptors (Lipinski definition) is 4. The zero-order valence-electron chi connectivity index (χ0n) is 10.7. The van der Waals surface area contributed by atoms with Crippen molar-refractivity contribution in [2.45, 2.75) is 34.2 Å². The number of hydrogen-bond donors (Lipinski definition) is 1. The molecule has 0 bridgehead atoms. The molecule has 0 aliphatic rings. The molecule has 0 aliphatic carbocycles. The Morgan fingerprint density at radius 1 is 1.25 bits per heavy atom. The second-order valence-corrected chi connectivity index (χ2v) is 6.10. The number of nitrogens with two attached hydrogens (primary N) is 1. The minimum absolute atomic E-state index is 0.592. The van der Waals surface area contributed by atoms with Gasteiger partial charge in [-0.3, -0.25) is 0 Å². The molecule has 1 heterocycles. The molecule has 0 amide bonds. The number of anilines is 1. The van der Waals surface area contributed by atoms with E-state index in [1.807, 2.05) is 6.20 Å². The minimum Gasteiger partial charge on any atom is -0.348 e. The smallest absolute Gasteiger partial charge is 0.185 e. The summed E-state index contributed by atoms with van der Waals surface area (Å²) in [6.07, 6.45) is 1.90. The monoisotopic (exact) mass is 241 g/mol. The summed E-state index contributed by atoms with van der Waals surface area (Å²) in [4.78, 5) is 7.99. The fourth-order valence-electron chi connectivity index (χ4n) is 1.65. The first-order chi connectivity index (χ1) is 7.52. The van der Waals surface area contributed by atoms with Crippen LogP contribution in [0.25, 0.3) is 0 Å². The number of aromatic nitrogens is 1. The van der Waals surface area contributed by atoms with Gasteiger partial charge < -0.3 is 10.6 Å². The minimum atomic E-state index is 0.592. The molecule has 0 aromatic carbocycles. The van der Waals surface area contributed by atoms with Gasteiger partial charge in [0, 0.05) is 30.7 Å². The largest absolute Gasteiger partial charge is 0.348 e. The van der Waals surface area contributed by atoms with Gasteiger partial charge in [0.25, 0.3) is 0 Å². The van der Waals surface area contributed by atoms with Crippen LogP contribution in [-0.2, 0) is 6.54 Å². The quantitative estimate of drug-likeness (QED) is 0.832. The summed E-state index contributed by atoms with van der Waals surface area (Å²) in [6, 6.07) is 0. The zero-order chi connectivity index (χ0) is 12.1. The summed E-state index contributed by atoms with van der Waals surface area (Å²) in [7, 11) is 0. The first-order valence-corrected chi connectivity index (χ1v) is 6.74. The molecule has 0 unspecified atom stereocenters. The van der Waals surface area contributed by atoms with Crippen LogP contribution in [0.2, 0.25) is 0 Å². The Balaban J connectivity index is 2.74. The second kappa shape index (κ2) is 6.21. The van der Waals surface area contributed by atoms with Gasteiger partial charge in [0.05, 0.1) is 0 Å². The van der Waals surface area contributed by atoms with E-state index in [0.29, 0.717) is 18.4 Å². The predicted octanol–water partition coefficient (Wildman–Crippen LogP) is 2.72. The molecule has 0 spiro atoms. The normalized spacial score (nSPS) is 11.4. The Bertz CT molecular complexity index is 297. The summed E-state index contributed by atoms with van der Waals surface area (Å²) in [5.74, 6) is 1.31. The van der Waals surface area contributed by atoms with Crippen molar-refractivity contribution in [3.63, 3.8) is 0 Å². The third kappa shape index (κ3) is 4.10. The maximum atomic E-state index is 5.62. The Kier molecular flexibility index (Phi) is 5.22. The maximum absolute atomic E-state index is 5.62. The fraction of sp³-hybridized carbons (Fsp3) is 0.750. The van der Waals surface area contributed by atoms with E-state index < -0.39 is 0 Å². The van der Waals surface area contributed by atoms with Gasteiger partial charge in [-0.25, -0.2) is 4.98 Å². The lowest BCUT2D eigenvalue weighted by Gasteiger charge is -2.25. The van der Waals surface area contributed by atoms with Gasteiger partial charge >= 0.3 is 0 Å². The average Bonchev–Trinajstić information content (AvgIpc) is 2.63. The molecule has 92 valence electrons. The Morgan fingerprint density at radius 2 is 1.81 bits per heavy atom. The molecule has 1 aromatic heterocycles. The van der Waals surface area contributed by atoms with Crippen LogP contribution in [0.3, 0.4) is 0 Å². The number of rotatable bonds is 6. The fourth-order valence-corrected chi connectivity index (χ4v) is 2.46. The lowest BCUT2D eigenvalue weighted by molar-refractivity contribution is 0.552. The van der Waals surface area contributed by atoms with E-state index in [2.05, 4.69) is 37.6 Å². The first-order valence-electron chi connectivity index (χ1n) is 5.92. The van der Waals surface area contributed by atoms with Crippen molar-refractivity contribution in [1.29, 1.82) is 0 Å². The van der Waals surface area contributed by atoms with Gasteiger partial charge in [-0.15, -0.1) is 11.3 Å². The third-order valence-corrected chi connectivity index (χ3v) is 3.26. The molecule has 1 rings (SSSR count). The molecular weight excluding hydrogens is 218 g/mol. The Labute approximate surface area is 103 Å². The van der Waals surface area contributed by atoms with Gasteiger partial charge in [0.15, 0.2) is 5.13 Å². The Hall–Kier alpha value is -0.610. The maximum Gasteiger partial charge on any atom is 0.185 e. The van der Waals surface area contributed by atoms with E-state index in [1.54, 1.807) is 11.3 Å². The van der Waals surface area contributed by atoms with Crippen LogP contribution in [0.5, 0.6) is 0 Å². The van der Waals surface area contributed by atoms with Crippen molar-refractivity contribution < 1.29 is 0 Å². The van der Waals surface area contributed by atoms with Crippen molar-refractivity contribution in [3.8, 4) is 0 Å². The average molecular weight is 241 g/mol. The van der Waals surface area contributed by atoms with E-state index in [9.17, 15) is 0 Å².